The molecular formula is C14H18O8. The minimum absolute atomic E-state index is 0.0390. The van der Waals surface area contributed by atoms with Crippen LogP contribution in [0.25, 0.3) is 0 Å². The topological polar surface area (TPSA) is 126 Å². The van der Waals surface area contributed by atoms with Gasteiger partial charge < -0.3 is 34.6 Å². The van der Waals surface area contributed by atoms with Crippen molar-refractivity contribution < 1.29 is 39.4 Å². The summed E-state index contributed by atoms with van der Waals surface area (Å²) in [5, 5.41) is 38.3. The van der Waals surface area contributed by atoms with Gasteiger partial charge in [0, 0.05) is 6.92 Å². The number of aliphatic hydroxyl groups excluding tert-OH is 3. The Balaban J connectivity index is 2.18. The summed E-state index contributed by atoms with van der Waals surface area (Å²) in [4.78, 5) is 11.1. The van der Waals surface area contributed by atoms with E-state index in [1.165, 1.54) is 24.3 Å². The van der Waals surface area contributed by atoms with Gasteiger partial charge in [-0.3, -0.25) is 4.79 Å². The van der Waals surface area contributed by atoms with Crippen LogP contribution in [0.1, 0.15) is 6.92 Å². The predicted molar refractivity (Wildman–Crippen MR) is 72.0 cm³/mol. The van der Waals surface area contributed by atoms with Crippen molar-refractivity contribution in [2.24, 2.45) is 0 Å². The SMILES string of the molecule is CC(=O)OC1C(Oc2ccc(O)cc2)OC(CO)C(O)C1O. The Labute approximate surface area is 126 Å². The Kier molecular flexibility index (Phi) is 5.19. The van der Waals surface area contributed by atoms with Crippen molar-refractivity contribution in [1.82, 2.24) is 0 Å². The molecule has 0 spiro atoms. The van der Waals surface area contributed by atoms with E-state index >= 15 is 0 Å². The highest BCUT2D eigenvalue weighted by molar-refractivity contribution is 5.66. The van der Waals surface area contributed by atoms with Gasteiger partial charge in [-0.25, -0.2) is 0 Å². The number of rotatable bonds is 4. The van der Waals surface area contributed by atoms with Crippen LogP contribution in [0.3, 0.4) is 0 Å². The molecule has 8 nitrogen and oxygen atoms in total. The van der Waals surface area contributed by atoms with Gasteiger partial charge in [-0.05, 0) is 24.3 Å². The Morgan fingerprint density at radius 3 is 2.41 bits per heavy atom. The van der Waals surface area contributed by atoms with Gasteiger partial charge >= 0.3 is 5.97 Å². The average Bonchev–Trinajstić information content (AvgIpc) is 2.48. The lowest BCUT2D eigenvalue weighted by molar-refractivity contribution is -0.281. The van der Waals surface area contributed by atoms with Crippen LogP contribution < -0.4 is 4.74 Å². The minimum atomic E-state index is -1.48. The molecule has 0 saturated carbocycles. The van der Waals surface area contributed by atoms with Crippen molar-refractivity contribution in [3.63, 3.8) is 0 Å². The van der Waals surface area contributed by atoms with Gasteiger partial charge in [0.1, 0.15) is 29.8 Å². The smallest absolute Gasteiger partial charge is 0.303 e. The highest BCUT2D eigenvalue weighted by atomic mass is 16.7. The van der Waals surface area contributed by atoms with E-state index in [0.717, 1.165) is 6.92 Å². The van der Waals surface area contributed by atoms with Crippen molar-refractivity contribution in [1.29, 1.82) is 0 Å². The zero-order valence-corrected chi connectivity index (χ0v) is 11.8. The van der Waals surface area contributed by atoms with Crippen LogP contribution in [0, 0.1) is 0 Å². The molecule has 0 amide bonds. The summed E-state index contributed by atoms with van der Waals surface area (Å²) in [5.74, 6) is -0.348. The molecule has 22 heavy (non-hydrogen) atoms. The molecule has 1 aliphatic heterocycles. The first-order valence-corrected chi connectivity index (χ1v) is 6.67. The molecule has 122 valence electrons. The van der Waals surface area contributed by atoms with Crippen LogP contribution in [0.2, 0.25) is 0 Å². The van der Waals surface area contributed by atoms with Crippen LogP contribution in [0.15, 0.2) is 24.3 Å². The second-order valence-corrected chi connectivity index (χ2v) is 4.89. The first-order chi connectivity index (χ1) is 10.4. The standard InChI is InChI=1S/C14H18O8/c1-7(16)20-13-12(19)11(18)10(6-15)22-14(13)21-9-4-2-8(17)3-5-9/h2-5,10-15,17-19H,6H2,1H3. The fourth-order valence-corrected chi connectivity index (χ4v) is 2.13. The highest BCUT2D eigenvalue weighted by Crippen LogP contribution is 2.27. The van der Waals surface area contributed by atoms with Gasteiger partial charge in [-0.15, -0.1) is 0 Å². The molecule has 2 rings (SSSR count). The molecule has 1 aromatic carbocycles. The van der Waals surface area contributed by atoms with Gasteiger partial charge in [-0.1, -0.05) is 0 Å². The van der Waals surface area contributed by atoms with E-state index in [0.29, 0.717) is 5.75 Å². The van der Waals surface area contributed by atoms with Gasteiger partial charge in [-0.2, -0.15) is 0 Å². The third-order valence-corrected chi connectivity index (χ3v) is 3.22. The molecule has 0 aromatic heterocycles. The molecule has 0 aliphatic carbocycles. The number of aromatic hydroxyl groups is 1. The van der Waals surface area contributed by atoms with E-state index in [1.807, 2.05) is 0 Å². The van der Waals surface area contributed by atoms with Crippen LogP contribution >= 0.6 is 0 Å². The monoisotopic (exact) mass is 314 g/mol. The zero-order chi connectivity index (χ0) is 16.3. The molecule has 8 heteroatoms. The molecule has 1 heterocycles. The Bertz CT molecular complexity index is 502. The number of benzene rings is 1. The average molecular weight is 314 g/mol. The van der Waals surface area contributed by atoms with E-state index < -0.39 is 43.3 Å². The van der Waals surface area contributed by atoms with Crippen LogP contribution in [-0.2, 0) is 14.3 Å². The van der Waals surface area contributed by atoms with Crippen molar-refractivity contribution >= 4 is 5.97 Å². The number of esters is 1. The largest absolute Gasteiger partial charge is 0.508 e. The van der Waals surface area contributed by atoms with Gasteiger partial charge in [0.05, 0.1) is 6.61 Å². The molecule has 1 aliphatic rings. The molecule has 0 bridgehead atoms. The molecule has 1 aromatic rings. The van der Waals surface area contributed by atoms with Crippen LogP contribution in [0.5, 0.6) is 11.5 Å². The molecule has 1 fully saturated rings. The fourth-order valence-electron chi connectivity index (χ4n) is 2.13. The summed E-state index contributed by atoms with van der Waals surface area (Å²) in [5.41, 5.74) is 0. The second kappa shape index (κ2) is 6.93. The maximum absolute atomic E-state index is 11.1. The lowest BCUT2D eigenvalue weighted by Crippen LogP contribution is -2.61. The molecular weight excluding hydrogens is 296 g/mol. The van der Waals surface area contributed by atoms with Crippen molar-refractivity contribution in [3.05, 3.63) is 24.3 Å². The number of hydrogen-bond donors (Lipinski definition) is 4. The van der Waals surface area contributed by atoms with E-state index in [2.05, 4.69) is 0 Å². The number of phenols is 1. The summed E-state index contributed by atoms with van der Waals surface area (Å²) in [6.07, 6.45) is -6.46. The van der Waals surface area contributed by atoms with E-state index in [-0.39, 0.29) is 5.75 Å². The number of phenolic OH excluding ortho intramolecular Hbond substituents is 1. The number of hydrogen-bond acceptors (Lipinski definition) is 8. The Morgan fingerprint density at radius 2 is 1.86 bits per heavy atom. The zero-order valence-electron chi connectivity index (χ0n) is 11.8. The number of ether oxygens (including phenoxy) is 3. The maximum atomic E-state index is 11.1. The maximum Gasteiger partial charge on any atom is 0.303 e. The first kappa shape index (κ1) is 16.5. The number of carbonyl (C=O) groups excluding carboxylic acids is 1. The summed E-state index contributed by atoms with van der Waals surface area (Å²) in [6, 6.07) is 5.67. The lowest BCUT2D eigenvalue weighted by atomic mass is 9.99. The summed E-state index contributed by atoms with van der Waals surface area (Å²) < 4.78 is 15.8. The molecule has 1 saturated heterocycles. The number of aliphatic hydroxyl groups is 3. The Morgan fingerprint density at radius 1 is 1.23 bits per heavy atom. The quantitative estimate of drug-likeness (QED) is 0.529. The Hall–Kier alpha value is -1.87. The minimum Gasteiger partial charge on any atom is -0.508 e. The number of carbonyl (C=O) groups is 1. The van der Waals surface area contributed by atoms with Gasteiger partial charge in [0.15, 0.2) is 6.10 Å². The van der Waals surface area contributed by atoms with Crippen LogP contribution in [-0.4, -0.2) is 63.7 Å². The second-order valence-electron chi connectivity index (χ2n) is 4.89. The van der Waals surface area contributed by atoms with E-state index in [1.54, 1.807) is 0 Å². The van der Waals surface area contributed by atoms with Crippen LogP contribution in [0.4, 0.5) is 0 Å². The lowest BCUT2D eigenvalue weighted by Gasteiger charge is -2.41. The summed E-state index contributed by atoms with van der Waals surface area (Å²) in [6.45, 7) is 0.606. The predicted octanol–water partition coefficient (Wildman–Crippen LogP) is -0.858. The highest BCUT2D eigenvalue weighted by Gasteiger charge is 2.47. The summed E-state index contributed by atoms with van der Waals surface area (Å²) >= 11 is 0. The van der Waals surface area contributed by atoms with Crippen molar-refractivity contribution in [3.8, 4) is 11.5 Å². The van der Waals surface area contributed by atoms with Crippen molar-refractivity contribution in [2.45, 2.75) is 37.6 Å². The first-order valence-electron chi connectivity index (χ1n) is 6.67. The van der Waals surface area contributed by atoms with Crippen molar-refractivity contribution in [2.75, 3.05) is 6.61 Å². The molecule has 5 unspecified atom stereocenters. The van der Waals surface area contributed by atoms with Gasteiger partial charge in [0.2, 0.25) is 6.29 Å². The van der Waals surface area contributed by atoms with E-state index in [4.69, 9.17) is 14.2 Å². The fraction of sp³-hybridized carbons (Fsp3) is 0.500. The third-order valence-electron chi connectivity index (χ3n) is 3.22. The summed E-state index contributed by atoms with van der Waals surface area (Å²) in [7, 11) is 0. The normalized spacial score (nSPS) is 31.5. The molecule has 4 N–H and O–H groups in total. The third kappa shape index (κ3) is 3.66. The van der Waals surface area contributed by atoms with Gasteiger partial charge in [0.25, 0.3) is 0 Å². The molecule has 0 radical (unpaired) electrons. The molecule has 5 atom stereocenters. The van der Waals surface area contributed by atoms with E-state index in [9.17, 15) is 25.2 Å².